The van der Waals surface area contributed by atoms with Crippen molar-refractivity contribution in [3.05, 3.63) is 77.6 Å². The molecule has 3 atom stereocenters. The molecule has 30 heavy (non-hydrogen) atoms. The van der Waals surface area contributed by atoms with Gasteiger partial charge in [0.05, 0.1) is 0 Å². The van der Waals surface area contributed by atoms with Crippen LogP contribution >= 0.6 is 0 Å². The molecule has 3 aromatic carbocycles. The van der Waals surface area contributed by atoms with Crippen molar-refractivity contribution in [2.24, 2.45) is 0 Å². The van der Waals surface area contributed by atoms with E-state index in [2.05, 4.69) is 57.1 Å². The molecule has 1 aromatic heterocycles. The number of aromatic amines is 1. The third kappa shape index (κ3) is 3.59. The molecule has 0 radical (unpaired) electrons. The van der Waals surface area contributed by atoms with E-state index in [0.717, 1.165) is 35.8 Å². The Hall–Kier alpha value is -3.12. The lowest BCUT2D eigenvalue weighted by Crippen LogP contribution is -2.29. The number of rotatable bonds is 5. The van der Waals surface area contributed by atoms with Gasteiger partial charge in [0, 0.05) is 23.0 Å². The third-order valence-electron chi connectivity index (χ3n) is 6.28. The minimum atomic E-state index is -0.160. The molecule has 1 saturated carbocycles. The zero-order valence-electron chi connectivity index (χ0n) is 16.8. The van der Waals surface area contributed by atoms with Crippen molar-refractivity contribution >= 4 is 10.8 Å². The summed E-state index contributed by atoms with van der Waals surface area (Å²) in [6, 6.07) is 20.3. The van der Waals surface area contributed by atoms with Gasteiger partial charge in [-0.2, -0.15) is 5.21 Å². The molecule has 0 bridgehead atoms. The van der Waals surface area contributed by atoms with E-state index < -0.39 is 0 Å². The highest BCUT2D eigenvalue weighted by Crippen LogP contribution is 2.36. The highest BCUT2D eigenvalue weighted by molar-refractivity contribution is 5.86. The molecule has 5 rings (SSSR count). The summed E-state index contributed by atoms with van der Waals surface area (Å²) < 4.78 is 14.2. The number of aromatic nitrogens is 4. The van der Waals surface area contributed by atoms with Crippen LogP contribution < -0.4 is 5.32 Å². The van der Waals surface area contributed by atoms with Gasteiger partial charge in [-0.15, -0.1) is 10.2 Å². The largest absolute Gasteiger partial charge is 0.307 e. The van der Waals surface area contributed by atoms with E-state index in [0.29, 0.717) is 23.2 Å². The molecule has 6 heteroatoms. The summed E-state index contributed by atoms with van der Waals surface area (Å²) in [4.78, 5) is 0. The number of hydrogen-bond acceptors (Lipinski definition) is 4. The Kier molecular flexibility index (Phi) is 5.01. The molecule has 0 saturated heterocycles. The first-order chi connectivity index (χ1) is 14.7. The molecule has 152 valence electrons. The van der Waals surface area contributed by atoms with Crippen molar-refractivity contribution in [2.45, 2.75) is 44.2 Å². The fourth-order valence-corrected chi connectivity index (χ4v) is 4.73. The van der Waals surface area contributed by atoms with Gasteiger partial charge in [0.2, 0.25) is 5.82 Å². The van der Waals surface area contributed by atoms with E-state index in [-0.39, 0.29) is 11.9 Å². The second-order valence-corrected chi connectivity index (χ2v) is 8.13. The first-order valence-electron chi connectivity index (χ1n) is 10.5. The van der Waals surface area contributed by atoms with Crippen molar-refractivity contribution < 1.29 is 4.39 Å². The number of H-pyrrole nitrogens is 1. The van der Waals surface area contributed by atoms with Crippen LogP contribution in [0.5, 0.6) is 0 Å². The van der Waals surface area contributed by atoms with Gasteiger partial charge in [-0.25, -0.2) is 4.39 Å². The Morgan fingerprint density at radius 3 is 2.57 bits per heavy atom. The average Bonchev–Trinajstić information content (AvgIpc) is 3.47. The maximum Gasteiger partial charge on any atom is 0.204 e. The van der Waals surface area contributed by atoms with Gasteiger partial charge >= 0.3 is 0 Å². The monoisotopic (exact) mass is 401 g/mol. The van der Waals surface area contributed by atoms with E-state index in [1.807, 2.05) is 30.3 Å². The van der Waals surface area contributed by atoms with Gasteiger partial charge in [0.1, 0.15) is 5.82 Å². The second kappa shape index (κ2) is 7.95. The predicted molar refractivity (Wildman–Crippen MR) is 115 cm³/mol. The van der Waals surface area contributed by atoms with Crippen LogP contribution in [0.4, 0.5) is 4.39 Å². The Balaban J connectivity index is 1.27. The number of nitrogens with one attached hydrogen (secondary N) is 2. The van der Waals surface area contributed by atoms with E-state index in [1.54, 1.807) is 6.07 Å². The van der Waals surface area contributed by atoms with Crippen LogP contribution in [-0.2, 0) is 0 Å². The summed E-state index contributed by atoms with van der Waals surface area (Å²) in [6.07, 6.45) is 3.40. The molecule has 1 fully saturated rings. The summed E-state index contributed by atoms with van der Waals surface area (Å²) in [5.41, 5.74) is 3.48. The minimum Gasteiger partial charge on any atom is -0.307 e. The molecule has 1 heterocycles. The summed E-state index contributed by atoms with van der Waals surface area (Å²) in [6.45, 7) is 2.17. The number of nitrogens with zero attached hydrogens (tertiary/aromatic N) is 3. The van der Waals surface area contributed by atoms with E-state index in [1.165, 1.54) is 5.56 Å². The normalized spacial score (nSPS) is 19.9. The quantitative estimate of drug-likeness (QED) is 0.486. The number of hydrogen-bond donors (Lipinski definition) is 2. The number of benzene rings is 3. The van der Waals surface area contributed by atoms with Gasteiger partial charge < -0.3 is 5.32 Å². The minimum absolute atomic E-state index is 0.160. The predicted octanol–water partition coefficient (Wildman–Crippen LogP) is 5.15. The van der Waals surface area contributed by atoms with E-state index in [9.17, 15) is 4.39 Å². The smallest absolute Gasteiger partial charge is 0.204 e. The average molecular weight is 401 g/mol. The Morgan fingerprint density at radius 1 is 1.00 bits per heavy atom. The Morgan fingerprint density at radius 2 is 1.80 bits per heavy atom. The molecule has 4 aromatic rings. The standard InChI is InChI=1S/C24H24FN5/c1-15(20-12-13-23(25)22-5-3-2-4-21(20)22)26-19-11-10-18(14-19)16-6-8-17(9-7-16)24-27-29-30-28-24/h2-9,12-13,15,18-19,26H,10-11,14H2,1H3,(H,27,28,29,30)/t15-,18?,19?/m1/s1. The van der Waals surface area contributed by atoms with Crippen LogP contribution in [0, 0.1) is 5.82 Å². The van der Waals surface area contributed by atoms with Crippen molar-refractivity contribution in [2.75, 3.05) is 0 Å². The molecule has 0 aliphatic heterocycles. The van der Waals surface area contributed by atoms with Crippen molar-refractivity contribution in [3.63, 3.8) is 0 Å². The third-order valence-corrected chi connectivity index (χ3v) is 6.28. The maximum atomic E-state index is 14.2. The molecular weight excluding hydrogens is 377 g/mol. The van der Waals surface area contributed by atoms with Gasteiger partial charge in [-0.3, -0.25) is 0 Å². The summed E-state index contributed by atoms with van der Waals surface area (Å²) >= 11 is 0. The lowest BCUT2D eigenvalue weighted by molar-refractivity contribution is 0.458. The summed E-state index contributed by atoms with van der Waals surface area (Å²) in [7, 11) is 0. The van der Waals surface area contributed by atoms with Gasteiger partial charge in [0.25, 0.3) is 0 Å². The number of fused-ring (bicyclic) bond motifs is 1. The fourth-order valence-electron chi connectivity index (χ4n) is 4.73. The van der Waals surface area contributed by atoms with Crippen LogP contribution in [0.25, 0.3) is 22.2 Å². The van der Waals surface area contributed by atoms with Crippen LogP contribution in [0.2, 0.25) is 0 Å². The van der Waals surface area contributed by atoms with Crippen molar-refractivity contribution in [3.8, 4) is 11.4 Å². The van der Waals surface area contributed by atoms with Crippen molar-refractivity contribution in [1.29, 1.82) is 0 Å². The van der Waals surface area contributed by atoms with Gasteiger partial charge in [-0.1, -0.05) is 54.6 Å². The fraction of sp³-hybridized carbons (Fsp3) is 0.292. The summed E-state index contributed by atoms with van der Waals surface area (Å²) in [5, 5.41) is 19.6. The van der Waals surface area contributed by atoms with Crippen LogP contribution in [0.1, 0.15) is 49.3 Å². The van der Waals surface area contributed by atoms with Crippen LogP contribution in [0.15, 0.2) is 60.7 Å². The number of halogens is 1. The lowest BCUT2D eigenvalue weighted by atomic mass is 9.96. The van der Waals surface area contributed by atoms with Gasteiger partial charge in [0.15, 0.2) is 0 Å². The molecule has 5 nitrogen and oxygen atoms in total. The molecule has 2 unspecified atom stereocenters. The molecule has 2 N–H and O–H groups in total. The molecule has 0 amide bonds. The lowest BCUT2D eigenvalue weighted by Gasteiger charge is -2.22. The van der Waals surface area contributed by atoms with Crippen LogP contribution in [0.3, 0.4) is 0 Å². The van der Waals surface area contributed by atoms with Crippen molar-refractivity contribution in [1.82, 2.24) is 25.9 Å². The van der Waals surface area contributed by atoms with E-state index in [4.69, 9.17) is 0 Å². The van der Waals surface area contributed by atoms with Gasteiger partial charge in [-0.05, 0) is 59.9 Å². The Labute approximate surface area is 174 Å². The van der Waals surface area contributed by atoms with Crippen LogP contribution in [-0.4, -0.2) is 26.7 Å². The SMILES string of the molecule is C[C@@H](NC1CCC(c2ccc(-c3nn[nH]n3)cc2)C1)c1ccc(F)c2ccccc12. The highest BCUT2D eigenvalue weighted by Gasteiger charge is 2.27. The highest BCUT2D eigenvalue weighted by atomic mass is 19.1. The molecule has 1 aliphatic carbocycles. The summed E-state index contributed by atoms with van der Waals surface area (Å²) in [5.74, 6) is 0.999. The first kappa shape index (κ1) is 18.9. The zero-order valence-corrected chi connectivity index (χ0v) is 16.8. The number of tetrazole rings is 1. The molecular formula is C24H24FN5. The topological polar surface area (TPSA) is 66.5 Å². The molecule has 0 spiro atoms. The Bertz CT molecular complexity index is 1140. The second-order valence-electron chi connectivity index (χ2n) is 8.13. The maximum absolute atomic E-state index is 14.2. The molecule has 1 aliphatic rings. The zero-order chi connectivity index (χ0) is 20.5. The van der Waals surface area contributed by atoms with E-state index >= 15 is 0 Å². The first-order valence-corrected chi connectivity index (χ1v) is 10.5.